The van der Waals surface area contributed by atoms with Crippen LogP contribution >= 0.6 is 47.8 Å². The highest BCUT2D eigenvalue weighted by Crippen LogP contribution is 2.32. The highest BCUT2D eigenvalue weighted by Gasteiger charge is 2.05. The average Bonchev–Trinajstić information content (AvgIpc) is 1.99. The van der Waals surface area contributed by atoms with E-state index in [1.807, 2.05) is 12.1 Å². The third-order valence-corrected chi connectivity index (χ3v) is 4.33. The fraction of sp³-hybridized carbons (Fsp3) is 0.250. The van der Waals surface area contributed by atoms with Crippen molar-refractivity contribution in [3.63, 3.8) is 0 Å². The first-order chi connectivity index (χ1) is 5.16. The molecule has 0 nitrogen and oxygen atoms in total. The van der Waals surface area contributed by atoms with Crippen LogP contribution in [0.2, 0.25) is 0 Å². The van der Waals surface area contributed by atoms with E-state index in [1.165, 1.54) is 5.56 Å². The normalized spacial score (nSPS) is 10.2. The van der Waals surface area contributed by atoms with E-state index in [9.17, 15) is 0 Å². The Labute approximate surface area is 91.8 Å². The molecule has 1 rings (SSSR count). The zero-order chi connectivity index (χ0) is 8.43. The van der Waals surface area contributed by atoms with Crippen LogP contribution < -0.4 is 0 Å². The maximum absolute atomic E-state index is 3.51. The van der Waals surface area contributed by atoms with Gasteiger partial charge in [-0.15, -0.1) is 0 Å². The van der Waals surface area contributed by atoms with E-state index in [0.29, 0.717) is 0 Å². The minimum atomic E-state index is 1.03. The molecule has 0 amide bonds. The maximum Gasteiger partial charge on any atom is 0.0360 e. The zero-order valence-corrected chi connectivity index (χ0v) is 10.8. The van der Waals surface area contributed by atoms with Crippen molar-refractivity contribution in [2.75, 3.05) is 0 Å². The number of hydrogen-bond donors (Lipinski definition) is 0. The molecule has 0 fully saturated rings. The fourth-order valence-electron chi connectivity index (χ4n) is 0.893. The quantitative estimate of drug-likeness (QED) is 0.657. The Morgan fingerprint density at radius 2 is 1.64 bits per heavy atom. The molecular formula is C8H7Br3. The summed E-state index contributed by atoms with van der Waals surface area (Å²) in [5.41, 5.74) is 1.30. The molecule has 0 spiro atoms. The van der Waals surface area contributed by atoms with Gasteiger partial charge in [0, 0.05) is 13.4 Å². The molecule has 0 atom stereocenters. The molecule has 60 valence electrons. The maximum atomic E-state index is 3.51. The van der Waals surface area contributed by atoms with Gasteiger partial charge in [-0.1, -0.05) is 22.9 Å². The van der Waals surface area contributed by atoms with Crippen LogP contribution in [0.5, 0.6) is 0 Å². The van der Waals surface area contributed by atoms with Crippen molar-refractivity contribution in [1.29, 1.82) is 0 Å². The number of halogens is 3. The van der Waals surface area contributed by atoms with Crippen LogP contribution in [-0.2, 0) is 6.42 Å². The molecule has 0 saturated heterocycles. The molecular weight excluding hydrogens is 336 g/mol. The van der Waals surface area contributed by atoms with Gasteiger partial charge < -0.3 is 0 Å². The standard InChI is InChI=1S/C8H7Br3/c1-2-5-6(9)3-4-7(10)8(5)11/h3-4H,2H2,1H3. The zero-order valence-electron chi connectivity index (χ0n) is 6.00. The van der Waals surface area contributed by atoms with Gasteiger partial charge in [0.15, 0.2) is 0 Å². The second kappa shape index (κ2) is 4.06. The molecule has 11 heavy (non-hydrogen) atoms. The molecule has 0 N–H and O–H groups in total. The van der Waals surface area contributed by atoms with Crippen LogP contribution in [0.3, 0.4) is 0 Å². The predicted octanol–water partition coefficient (Wildman–Crippen LogP) is 4.54. The minimum absolute atomic E-state index is 1.03. The summed E-state index contributed by atoms with van der Waals surface area (Å²) in [4.78, 5) is 0. The Hall–Kier alpha value is 0.660. The Bertz CT molecular complexity index is 268. The molecule has 0 aliphatic rings. The van der Waals surface area contributed by atoms with E-state index in [4.69, 9.17) is 0 Å². The van der Waals surface area contributed by atoms with Crippen molar-refractivity contribution in [2.24, 2.45) is 0 Å². The molecule has 0 saturated carbocycles. The monoisotopic (exact) mass is 340 g/mol. The molecule has 0 aliphatic heterocycles. The Balaban J connectivity index is 3.29. The summed E-state index contributed by atoms with van der Waals surface area (Å²) in [5, 5.41) is 0. The summed E-state index contributed by atoms with van der Waals surface area (Å²) in [6.45, 7) is 2.14. The van der Waals surface area contributed by atoms with Crippen molar-refractivity contribution >= 4 is 47.8 Å². The van der Waals surface area contributed by atoms with Gasteiger partial charge in [-0.05, 0) is 56.0 Å². The van der Waals surface area contributed by atoms with Crippen molar-refractivity contribution in [3.05, 3.63) is 31.1 Å². The lowest BCUT2D eigenvalue weighted by Gasteiger charge is -2.05. The Kier molecular flexibility index (Phi) is 3.59. The van der Waals surface area contributed by atoms with Gasteiger partial charge in [-0.2, -0.15) is 0 Å². The van der Waals surface area contributed by atoms with E-state index >= 15 is 0 Å². The third kappa shape index (κ3) is 2.07. The average molecular weight is 343 g/mol. The lowest BCUT2D eigenvalue weighted by atomic mass is 10.2. The highest BCUT2D eigenvalue weighted by atomic mass is 79.9. The van der Waals surface area contributed by atoms with Gasteiger partial charge in [0.1, 0.15) is 0 Å². The summed E-state index contributed by atoms with van der Waals surface area (Å²) in [5.74, 6) is 0. The predicted molar refractivity (Wildman–Crippen MR) is 58.9 cm³/mol. The molecule has 0 aromatic heterocycles. The summed E-state index contributed by atoms with van der Waals surface area (Å²) in [6.07, 6.45) is 1.03. The first kappa shape index (κ1) is 9.75. The summed E-state index contributed by atoms with van der Waals surface area (Å²) < 4.78 is 3.42. The number of benzene rings is 1. The summed E-state index contributed by atoms with van der Waals surface area (Å²) >= 11 is 10.5. The second-order valence-electron chi connectivity index (χ2n) is 2.18. The summed E-state index contributed by atoms with van der Waals surface area (Å²) in [7, 11) is 0. The smallest absolute Gasteiger partial charge is 0.0360 e. The second-order valence-corrected chi connectivity index (χ2v) is 4.68. The van der Waals surface area contributed by atoms with Gasteiger partial charge in [-0.3, -0.25) is 0 Å². The van der Waals surface area contributed by atoms with Crippen molar-refractivity contribution < 1.29 is 0 Å². The lowest BCUT2D eigenvalue weighted by molar-refractivity contribution is 1.11. The van der Waals surface area contributed by atoms with Crippen LogP contribution in [0, 0.1) is 0 Å². The van der Waals surface area contributed by atoms with E-state index in [0.717, 1.165) is 19.8 Å². The first-order valence-corrected chi connectivity index (χ1v) is 5.67. The van der Waals surface area contributed by atoms with Crippen molar-refractivity contribution in [2.45, 2.75) is 13.3 Å². The van der Waals surface area contributed by atoms with Crippen molar-refractivity contribution in [3.8, 4) is 0 Å². The fourth-order valence-corrected chi connectivity index (χ4v) is 2.77. The Morgan fingerprint density at radius 1 is 1.09 bits per heavy atom. The van der Waals surface area contributed by atoms with Crippen LogP contribution in [0.1, 0.15) is 12.5 Å². The highest BCUT2D eigenvalue weighted by molar-refractivity contribution is 9.13. The topological polar surface area (TPSA) is 0 Å². The van der Waals surface area contributed by atoms with Crippen LogP contribution in [0.15, 0.2) is 25.6 Å². The first-order valence-electron chi connectivity index (χ1n) is 3.29. The molecule has 0 bridgehead atoms. The summed E-state index contributed by atoms with van der Waals surface area (Å²) in [6, 6.07) is 4.07. The largest absolute Gasteiger partial charge is 0.0612 e. The molecule has 1 aromatic rings. The molecule has 0 heterocycles. The van der Waals surface area contributed by atoms with Gasteiger partial charge in [0.05, 0.1) is 0 Å². The molecule has 3 heteroatoms. The van der Waals surface area contributed by atoms with Gasteiger partial charge >= 0.3 is 0 Å². The van der Waals surface area contributed by atoms with Crippen molar-refractivity contribution in [1.82, 2.24) is 0 Å². The number of rotatable bonds is 1. The minimum Gasteiger partial charge on any atom is -0.0612 e. The van der Waals surface area contributed by atoms with Crippen LogP contribution in [0.25, 0.3) is 0 Å². The third-order valence-electron chi connectivity index (χ3n) is 1.49. The van der Waals surface area contributed by atoms with Crippen LogP contribution in [0.4, 0.5) is 0 Å². The molecule has 0 radical (unpaired) electrons. The van der Waals surface area contributed by atoms with Gasteiger partial charge in [0.2, 0.25) is 0 Å². The number of hydrogen-bond acceptors (Lipinski definition) is 0. The molecule has 1 aromatic carbocycles. The van der Waals surface area contributed by atoms with E-state index < -0.39 is 0 Å². The SMILES string of the molecule is CCc1c(Br)ccc(Br)c1Br. The van der Waals surface area contributed by atoms with Gasteiger partial charge in [0.25, 0.3) is 0 Å². The van der Waals surface area contributed by atoms with E-state index in [2.05, 4.69) is 54.7 Å². The molecule has 0 aliphatic carbocycles. The van der Waals surface area contributed by atoms with Gasteiger partial charge in [-0.25, -0.2) is 0 Å². The van der Waals surface area contributed by atoms with E-state index in [1.54, 1.807) is 0 Å². The Morgan fingerprint density at radius 3 is 2.09 bits per heavy atom. The lowest BCUT2D eigenvalue weighted by Crippen LogP contribution is -1.85. The van der Waals surface area contributed by atoms with E-state index in [-0.39, 0.29) is 0 Å². The van der Waals surface area contributed by atoms with Crippen LogP contribution in [-0.4, -0.2) is 0 Å². The molecule has 0 unspecified atom stereocenters.